The van der Waals surface area contributed by atoms with Gasteiger partial charge in [-0.25, -0.2) is 0 Å². The fourth-order valence-corrected chi connectivity index (χ4v) is 6.77. The Bertz CT molecular complexity index is 1550. The van der Waals surface area contributed by atoms with Gasteiger partial charge in [-0.1, -0.05) is 36.4 Å². The van der Waals surface area contributed by atoms with E-state index in [1.165, 1.54) is 0 Å². The summed E-state index contributed by atoms with van der Waals surface area (Å²) in [6, 6.07) is 13.1. The SMILES string of the molecule is COc1cc2c(cc1C)C[C@@H]1C(=O)N3C(=Cc4c(O)c(C)c(OC)c(OC)c4[C@@H]3COCc3ccccc3)[C@H]2N1C. The molecule has 0 aliphatic carbocycles. The monoisotopic (exact) mass is 556 g/mol. The van der Waals surface area contributed by atoms with E-state index in [2.05, 4.69) is 17.0 Å². The number of hydrogen-bond donors (Lipinski definition) is 1. The highest BCUT2D eigenvalue weighted by molar-refractivity contribution is 5.91. The summed E-state index contributed by atoms with van der Waals surface area (Å²) in [5, 5.41) is 11.5. The van der Waals surface area contributed by atoms with Crippen LogP contribution < -0.4 is 14.2 Å². The van der Waals surface area contributed by atoms with Gasteiger partial charge in [-0.2, -0.15) is 0 Å². The highest BCUT2D eigenvalue weighted by Gasteiger charge is 2.51. The number of carbonyl (C=O) groups excluding carboxylic acids is 1. The van der Waals surface area contributed by atoms with Gasteiger partial charge >= 0.3 is 0 Å². The van der Waals surface area contributed by atoms with Crippen molar-refractivity contribution in [2.24, 2.45) is 0 Å². The summed E-state index contributed by atoms with van der Waals surface area (Å²) in [4.78, 5) is 18.4. The van der Waals surface area contributed by atoms with Gasteiger partial charge in [-0.3, -0.25) is 9.69 Å². The molecule has 0 saturated carbocycles. The number of phenols is 1. The highest BCUT2D eigenvalue weighted by atomic mass is 16.5. The number of methoxy groups -OCH3 is 3. The Morgan fingerprint density at radius 2 is 1.73 bits per heavy atom. The summed E-state index contributed by atoms with van der Waals surface area (Å²) in [5.74, 6) is 1.85. The topological polar surface area (TPSA) is 80.7 Å². The molecule has 3 aliphatic rings. The molecule has 8 nitrogen and oxygen atoms in total. The van der Waals surface area contributed by atoms with Gasteiger partial charge in [0.15, 0.2) is 11.5 Å². The summed E-state index contributed by atoms with van der Waals surface area (Å²) >= 11 is 0. The molecule has 3 aromatic rings. The minimum atomic E-state index is -0.538. The van der Waals surface area contributed by atoms with Gasteiger partial charge in [0.05, 0.1) is 52.7 Å². The van der Waals surface area contributed by atoms with Crippen molar-refractivity contribution < 1.29 is 28.8 Å². The Morgan fingerprint density at radius 3 is 2.41 bits per heavy atom. The number of amides is 1. The van der Waals surface area contributed by atoms with Crippen LogP contribution in [0.4, 0.5) is 0 Å². The van der Waals surface area contributed by atoms with E-state index in [0.717, 1.165) is 33.7 Å². The molecule has 0 spiro atoms. The van der Waals surface area contributed by atoms with Crippen molar-refractivity contribution in [2.75, 3.05) is 35.0 Å². The van der Waals surface area contributed by atoms with Crippen molar-refractivity contribution in [3.05, 3.63) is 87.1 Å². The first-order valence-electron chi connectivity index (χ1n) is 13.8. The summed E-state index contributed by atoms with van der Waals surface area (Å²) in [6.07, 6.45) is 2.53. The van der Waals surface area contributed by atoms with Crippen LogP contribution >= 0.6 is 0 Å². The van der Waals surface area contributed by atoms with Crippen LogP contribution in [0.3, 0.4) is 0 Å². The first kappa shape index (κ1) is 27.2. The zero-order chi connectivity index (χ0) is 29.0. The smallest absolute Gasteiger partial charge is 0.245 e. The largest absolute Gasteiger partial charge is 0.507 e. The third-order valence-corrected chi connectivity index (χ3v) is 8.77. The highest BCUT2D eigenvalue weighted by Crippen LogP contribution is 2.55. The van der Waals surface area contributed by atoms with E-state index in [1.54, 1.807) is 28.3 Å². The van der Waals surface area contributed by atoms with Crippen molar-refractivity contribution in [1.29, 1.82) is 0 Å². The summed E-state index contributed by atoms with van der Waals surface area (Å²) < 4.78 is 23.6. The second-order valence-corrected chi connectivity index (χ2v) is 11.0. The number of benzene rings is 3. The number of ether oxygens (including phenoxy) is 4. The quantitative estimate of drug-likeness (QED) is 0.434. The summed E-state index contributed by atoms with van der Waals surface area (Å²) in [6.45, 7) is 4.43. The second-order valence-electron chi connectivity index (χ2n) is 11.0. The van der Waals surface area contributed by atoms with Crippen molar-refractivity contribution in [2.45, 2.75) is 45.0 Å². The Kier molecular flexibility index (Phi) is 6.91. The zero-order valence-corrected chi connectivity index (χ0v) is 24.4. The van der Waals surface area contributed by atoms with E-state index in [-0.39, 0.29) is 30.3 Å². The Morgan fingerprint density at radius 1 is 1.00 bits per heavy atom. The van der Waals surface area contributed by atoms with E-state index in [0.29, 0.717) is 41.2 Å². The Labute approximate surface area is 240 Å². The predicted octanol–water partition coefficient (Wildman–Crippen LogP) is 5.09. The van der Waals surface area contributed by atoms with Gasteiger partial charge in [0.25, 0.3) is 0 Å². The number of rotatable bonds is 7. The molecule has 6 rings (SSSR count). The number of likely N-dealkylation sites (N-methyl/N-ethyl adjacent to an activating group) is 1. The molecule has 1 fully saturated rings. The fourth-order valence-electron chi connectivity index (χ4n) is 6.77. The molecule has 3 aliphatic heterocycles. The third kappa shape index (κ3) is 4.16. The first-order chi connectivity index (χ1) is 19.8. The molecule has 0 unspecified atom stereocenters. The molecular weight excluding hydrogens is 520 g/mol. The number of aryl methyl sites for hydroxylation is 1. The van der Waals surface area contributed by atoms with Gasteiger partial charge in [-0.05, 0) is 61.7 Å². The zero-order valence-electron chi connectivity index (χ0n) is 24.4. The lowest BCUT2D eigenvalue weighted by Gasteiger charge is -2.53. The maximum atomic E-state index is 14.4. The first-order valence-corrected chi connectivity index (χ1v) is 13.8. The van der Waals surface area contributed by atoms with Crippen LogP contribution in [0.2, 0.25) is 0 Å². The molecule has 3 aromatic carbocycles. The standard InChI is InChI=1S/C33H36N2O6/c1-18-12-21-13-25-33(37)35-24(29(34(25)3)22(21)15-27(18)38-4)14-23-28(32(40-6)31(39-5)19(2)30(23)36)26(35)17-41-16-20-10-8-7-9-11-20/h7-12,14-15,25-26,29,36H,13,16-17H2,1-6H3/t25-,26+,29+/m1/s1. The predicted molar refractivity (Wildman–Crippen MR) is 155 cm³/mol. The van der Waals surface area contributed by atoms with Crippen LogP contribution in [-0.2, 0) is 22.6 Å². The van der Waals surface area contributed by atoms with Crippen LogP contribution in [0, 0.1) is 13.8 Å². The molecule has 1 saturated heterocycles. The molecular formula is C33H36N2O6. The number of hydrogen-bond acceptors (Lipinski definition) is 7. The Balaban J connectivity index is 1.54. The lowest BCUT2D eigenvalue weighted by atomic mass is 9.78. The van der Waals surface area contributed by atoms with Gasteiger partial charge in [-0.15, -0.1) is 0 Å². The minimum Gasteiger partial charge on any atom is -0.507 e. The van der Waals surface area contributed by atoms with Crippen LogP contribution in [-0.4, -0.2) is 61.8 Å². The average molecular weight is 557 g/mol. The van der Waals surface area contributed by atoms with Crippen molar-refractivity contribution in [1.82, 2.24) is 9.80 Å². The molecule has 2 bridgehead atoms. The average Bonchev–Trinajstić information content (AvgIpc) is 2.97. The van der Waals surface area contributed by atoms with Crippen LogP contribution in [0.5, 0.6) is 23.0 Å². The lowest BCUT2D eigenvalue weighted by molar-refractivity contribution is -0.145. The molecule has 1 N–H and O–H groups in total. The Hall–Kier alpha value is -4.01. The minimum absolute atomic E-state index is 0.00540. The van der Waals surface area contributed by atoms with Gasteiger partial charge in [0.1, 0.15) is 11.5 Å². The number of phenolic OH excluding ortho intramolecular Hbond substituents is 1. The number of fused-ring (bicyclic) bond motifs is 7. The second kappa shape index (κ2) is 10.4. The normalized spacial score (nSPS) is 21.0. The maximum absolute atomic E-state index is 14.4. The maximum Gasteiger partial charge on any atom is 0.245 e. The summed E-state index contributed by atoms with van der Waals surface area (Å²) in [7, 11) is 6.81. The van der Waals surface area contributed by atoms with Crippen LogP contribution in [0.25, 0.3) is 6.08 Å². The fraction of sp³-hybridized carbons (Fsp3) is 0.364. The van der Waals surface area contributed by atoms with Crippen molar-refractivity contribution >= 4 is 12.0 Å². The van der Waals surface area contributed by atoms with E-state index in [4.69, 9.17) is 18.9 Å². The van der Waals surface area contributed by atoms with Crippen LogP contribution in [0.1, 0.15) is 51.0 Å². The van der Waals surface area contributed by atoms with E-state index in [1.807, 2.05) is 55.3 Å². The molecule has 0 aromatic heterocycles. The molecule has 41 heavy (non-hydrogen) atoms. The van der Waals surface area contributed by atoms with E-state index in [9.17, 15) is 9.90 Å². The molecule has 3 heterocycles. The summed E-state index contributed by atoms with van der Waals surface area (Å²) in [5.41, 5.74) is 6.98. The molecule has 8 heteroatoms. The third-order valence-electron chi connectivity index (χ3n) is 8.77. The van der Waals surface area contributed by atoms with Crippen molar-refractivity contribution in [3.8, 4) is 23.0 Å². The molecule has 0 radical (unpaired) electrons. The number of carbonyl (C=O) groups is 1. The van der Waals surface area contributed by atoms with Crippen LogP contribution in [0.15, 0.2) is 48.2 Å². The molecule has 214 valence electrons. The molecule has 3 atom stereocenters. The number of nitrogens with zero attached hydrogens (tertiary/aromatic N) is 2. The lowest BCUT2D eigenvalue weighted by Crippen LogP contribution is -2.60. The van der Waals surface area contributed by atoms with Gasteiger partial charge < -0.3 is 29.0 Å². The number of aromatic hydroxyl groups is 1. The van der Waals surface area contributed by atoms with Gasteiger partial charge in [0, 0.05) is 22.4 Å². The van der Waals surface area contributed by atoms with Crippen molar-refractivity contribution in [3.63, 3.8) is 0 Å². The van der Waals surface area contributed by atoms with E-state index < -0.39 is 6.04 Å². The molecule has 1 amide bonds. The van der Waals surface area contributed by atoms with Gasteiger partial charge in [0.2, 0.25) is 5.91 Å². The van der Waals surface area contributed by atoms with E-state index >= 15 is 0 Å². The number of piperazine rings is 1.